The van der Waals surface area contributed by atoms with Gasteiger partial charge >= 0.3 is 0 Å². The van der Waals surface area contributed by atoms with Crippen molar-refractivity contribution in [1.82, 2.24) is 14.6 Å². The van der Waals surface area contributed by atoms with Crippen LogP contribution in [0.25, 0.3) is 10.9 Å². The molecule has 1 aromatic carbocycles. The summed E-state index contributed by atoms with van der Waals surface area (Å²) in [5, 5.41) is 3.78. The lowest BCUT2D eigenvalue weighted by Gasteiger charge is -2.31. The summed E-state index contributed by atoms with van der Waals surface area (Å²) in [7, 11) is -3.66. The number of aryl methyl sites for hydroxylation is 1. The maximum atomic E-state index is 13.2. The number of carbonyl (C=O) groups excluding carboxylic acids is 1. The molecule has 2 aromatic rings. The number of carbonyl (C=O) groups is 1. The third kappa shape index (κ3) is 4.29. The van der Waals surface area contributed by atoms with Gasteiger partial charge in [-0.15, -0.1) is 0 Å². The first-order valence-electron chi connectivity index (χ1n) is 10.2. The molecule has 0 radical (unpaired) electrons. The fourth-order valence-electron chi connectivity index (χ4n) is 4.11. The van der Waals surface area contributed by atoms with Crippen molar-refractivity contribution in [2.75, 3.05) is 26.2 Å². The molecular weight excluding hydrogens is 390 g/mol. The normalized spacial score (nSPS) is 21.5. The van der Waals surface area contributed by atoms with E-state index in [1.165, 1.54) is 4.31 Å². The van der Waals surface area contributed by atoms with Crippen LogP contribution in [0.5, 0.6) is 0 Å². The molecule has 156 valence electrons. The Labute approximate surface area is 171 Å². The average molecular weight is 418 g/mol. The number of hydrogen-bond donors (Lipinski definition) is 1. The molecule has 0 unspecified atom stereocenters. The third-order valence-corrected chi connectivity index (χ3v) is 7.71. The minimum atomic E-state index is -3.66. The first-order chi connectivity index (χ1) is 13.9. The zero-order chi connectivity index (χ0) is 20.4. The molecule has 0 aliphatic carbocycles. The second-order valence-corrected chi connectivity index (χ2v) is 9.81. The first kappa shape index (κ1) is 20.3. The predicted molar refractivity (Wildman–Crippen MR) is 110 cm³/mol. The second-order valence-electron chi connectivity index (χ2n) is 7.90. The molecule has 8 heteroatoms. The van der Waals surface area contributed by atoms with Gasteiger partial charge in [0.05, 0.1) is 11.6 Å². The van der Waals surface area contributed by atoms with Gasteiger partial charge in [-0.1, -0.05) is 12.1 Å². The molecule has 7 nitrogen and oxygen atoms in total. The summed E-state index contributed by atoms with van der Waals surface area (Å²) in [6, 6.07) is 7.17. The van der Waals surface area contributed by atoms with Gasteiger partial charge in [0.15, 0.2) is 0 Å². The van der Waals surface area contributed by atoms with Crippen LogP contribution in [0.1, 0.15) is 31.2 Å². The fourth-order valence-corrected chi connectivity index (χ4v) is 5.75. The largest absolute Gasteiger partial charge is 0.376 e. The van der Waals surface area contributed by atoms with Gasteiger partial charge in [-0.3, -0.25) is 9.78 Å². The highest BCUT2D eigenvalue weighted by Gasteiger charge is 2.33. The number of benzene rings is 1. The van der Waals surface area contributed by atoms with E-state index in [0.717, 1.165) is 30.4 Å². The van der Waals surface area contributed by atoms with Gasteiger partial charge in [0.1, 0.15) is 4.90 Å². The van der Waals surface area contributed by atoms with E-state index in [4.69, 9.17) is 4.74 Å². The van der Waals surface area contributed by atoms with Gasteiger partial charge in [0.2, 0.25) is 15.9 Å². The summed E-state index contributed by atoms with van der Waals surface area (Å²) < 4.78 is 33.5. The number of rotatable bonds is 5. The maximum absolute atomic E-state index is 13.2. The highest BCUT2D eigenvalue weighted by Crippen LogP contribution is 2.28. The molecule has 3 heterocycles. The van der Waals surface area contributed by atoms with E-state index in [-0.39, 0.29) is 22.8 Å². The Balaban J connectivity index is 1.42. The van der Waals surface area contributed by atoms with E-state index >= 15 is 0 Å². The third-order valence-electron chi connectivity index (χ3n) is 5.78. The standard InChI is InChI=1S/C21H27N3O4S/c1-15-12-17-4-2-6-19(20(17)22-13-15)29(26,27)24-9-7-16(8-10-24)21(25)23-14-18-5-3-11-28-18/h2,4,6,12-13,16,18H,3,5,7-11,14H2,1H3,(H,23,25)/t18-/m1/s1. The summed E-state index contributed by atoms with van der Waals surface area (Å²) in [5.41, 5.74) is 1.48. The molecular formula is C21H27N3O4S. The van der Waals surface area contributed by atoms with Crippen molar-refractivity contribution in [2.45, 2.75) is 43.6 Å². The number of nitrogens with zero attached hydrogens (tertiary/aromatic N) is 2. The lowest BCUT2D eigenvalue weighted by Crippen LogP contribution is -2.44. The number of aromatic nitrogens is 1. The molecule has 1 amide bonds. The lowest BCUT2D eigenvalue weighted by molar-refractivity contribution is -0.126. The average Bonchev–Trinajstić information content (AvgIpc) is 3.25. The van der Waals surface area contributed by atoms with Crippen LogP contribution in [-0.2, 0) is 19.6 Å². The smallest absolute Gasteiger partial charge is 0.245 e. The van der Waals surface area contributed by atoms with E-state index in [1.807, 2.05) is 19.1 Å². The number of amides is 1. The fraction of sp³-hybridized carbons (Fsp3) is 0.524. The number of fused-ring (bicyclic) bond motifs is 1. The van der Waals surface area contributed by atoms with Crippen LogP contribution in [0.4, 0.5) is 0 Å². The molecule has 2 aliphatic heterocycles. The van der Waals surface area contributed by atoms with Crippen molar-refractivity contribution >= 4 is 26.8 Å². The van der Waals surface area contributed by atoms with E-state index in [9.17, 15) is 13.2 Å². The van der Waals surface area contributed by atoms with Gasteiger partial charge in [-0.05, 0) is 50.3 Å². The van der Waals surface area contributed by atoms with Gasteiger partial charge < -0.3 is 10.1 Å². The van der Waals surface area contributed by atoms with Crippen LogP contribution < -0.4 is 5.32 Å². The number of sulfonamides is 1. The Morgan fingerprint density at radius 2 is 2.07 bits per heavy atom. The maximum Gasteiger partial charge on any atom is 0.245 e. The van der Waals surface area contributed by atoms with Crippen LogP contribution in [0.2, 0.25) is 0 Å². The van der Waals surface area contributed by atoms with E-state index in [2.05, 4.69) is 10.3 Å². The van der Waals surface area contributed by atoms with Crippen LogP contribution in [0, 0.1) is 12.8 Å². The quantitative estimate of drug-likeness (QED) is 0.806. The predicted octanol–water partition coefficient (Wildman–Crippen LogP) is 2.24. The number of para-hydroxylation sites is 1. The van der Waals surface area contributed by atoms with Crippen LogP contribution in [0.15, 0.2) is 35.4 Å². The molecule has 29 heavy (non-hydrogen) atoms. The van der Waals surface area contributed by atoms with Gasteiger partial charge in [0, 0.05) is 43.7 Å². The molecule has 1 atom stereocenters. The SMILES string of the molecule is Cc1cnc2c(S(=O)(=O)N3CCC(C(=O)NC[C@H]4CCCO4)CC3)cccc2c1. The zero-order valence-electron chi connectivity index (χ0n) is 16.6. The summed E-state index contributed by atoms with van der Waals surface area (Å²) >= 11 is 0. The topological polar surface area (TPSA) is 88.6 Å². The molecule has 2 aliphatic rings. The number of piperidine rings is 1. The Hall–Kier alpha value is -2.03. The van der Waals surface area contributed by atoms with Crippen molar-refractivity contribution in [2.24, 2.45) is 5.92 Å². The van der Waals surface area contributed by atoms with Gasteiger partial charge in [0.25, 0.3) is 0 Å². The van der Waals surface area contributed by atoms with Crippen LogP contribution in [-0.4, -0.2) is 56.0 Å². The highest BCUT2D eigenvalue weighted by atomic mass is 32.2. The molecule has 2 saturated heterocycles. The van der Waals surface area contributed by atoms with Crippen LogP contribution in [0.3, 0.4) is 0 Å². The lowest BCUT2D eigenvalue weighted by atomic mass is 9.97. The van der Waals surface area contributed by atoms with Crippen molar-refractivity contribution in [3.63, 3.8) is 0 Å². The minimum Gasteiger partial charge on any atom is -0.376 e. The Morgan fingerprint density at radius 1 is 1.28 bits per heavy atom. The van der Waals surface area contributed by atoms with Crippen LogP contribution >= 0.6 is 0 Å². The number of nitrogens with one attached hydrogen (secondary N) is 1. The molecule has 1 N–H and O–H groups in total. The van der Waals surface area contributed by atoms with E-state index in [1.54, 1.807) is 18.3 Å². The van der Waals surface area contributed by atoms with E-state index in [0.29, 0.717) is 38.0 Å². The van der Waals surface area contributed by atoms with E-state index < -0.39 is 10.0 Å². The summed E-state index contributed by atoms with van der Waals surface area (Å²) in [6.07, 6.45) is 4.87. The second kappa shape index (κ2) is 8.38. The zero-order valence-corrected chi connectivity index (χ0v) is 17.5. The molecule has 2 fully saturated rings. The van der Waals surface area contributed by atoms with Crippen molar-refractivity contribution in [3.8, 4) is 0 Å². The monoisotopic (exact) mass is 417 g/mol. The van der Waals surface area contributed by atoms with Gasteiger partial charge in [-0.25, -0.2) is 8.42 Å². The van der Waals surface area contributed by atoms with Gasteiger partial charge in [-0.2, -0.15) is 4.31 Å². The van der Waals surface area contributed by atoms with Crippen molar-refractivity contribution < 1.29 is 17.9 Å². The Morgan fingerprint density at radius 3 is 2.79 bits per heavy atom. The summed E-state index contributed by atoms with van der Waals surface area (Å²) in [4.78, 5) is 17.0. The number of hydrogen-bond acceptors (Lipinski definition) is 5. The summed E-state index contributed by atoms with van der Waals surface area (Å²) in [5.74, 6) is -0.156. The number of pyridine rings is 1. The Kier molecular flexibility index (Phi) is 5.85. The highest BCUT2D eigenvalue weighted by molar-refractivity contribution is 7.89. The molecule has 0 saturated carbocycles. The van der Waals surface area contributed by atoms with Crippen molar-refractivity contribution in [1.29, 1.82) is 0 Å². The number of ether oxygens (including phenoxy) is 1. The molecule has 4 rings (SSSR count). The van der Waals surface area contributed by atoms with Crippen molar-refractivity contribution in [3.05, 3.63) is 36.0 Å². The molecule has 0 bridgehead atoms. The Bertz CT molecular complexity index is 994. The summed E-state index contributed by atoms with van der Waals surface area (Å²) in [6.45, 7) is 3.91. The molecule has 0 spiro atoms. The molecule has 1 aromatic heterocycles. The first-order valence-corrected chi connectivity index (χ1v) is 11.6. The minimum absolute atomic E-state index is 0.000138.